The fraction of sp³-hybridized carbons (Fsp3) is 0.125. The van der Waals surface area contributed by atoms with Gasteiger partial charge in [0.1, 0.15) is 29.1 Å². The summed E-state index contributed by atoms with van der Waals surface area (Å²) in [5, 5.41) is 7.61. The molecular formula is C24H20ClF4N5O2. The molecule has 0 atom stereocenters. The van der Waals surface area contributed by atoms with Gasteiger partial charge in [-0.15, -0.1) is 12.4 Å². The van der Waals surface area contributed by atoms with Gasteiger partial charge in [0.15, 0.2) is 0 Å². The van der Waals surface area contributed by atoms with Crippen LogP contribution < -0.4 is 21.5 Å². The number of aromatic nitrogens is 2. The van der Waals surface area contributed by atoms with Crippen molar-refractivity contribution >= 4 is 46.5 Å². The van der Waals surface area contributed by atoms with E-state index >= 15 is 0 Å². The Morgan fingerprint density at radius 2 is 1.61 bits per heavy atom. The van der Waals surface area contributed by atoms with E-state index in [0.717, 1.165) is 24.3 Å². The molecule has 2 aromatic heterocycles. The van der Waals surface area contributed by atoms with Crippen LogP contribution in [0.15, 0.2) is 53.5 Å². The summed E-state index contributed by atoms with van der Waals surface area (Å²) < 4.78 is 57.8. The fourth-order valence-corrected chi connectivity index (χ4v) is 3.64. The molecule has 0 unspecified atom stereocenters. The standard InChI is InChI=1S/C24H19F4N5O2.ClH/c1-3-33-21-10-22(29-2)30-11-12(21)6-15(23(33)34)14-8-20(18(28)9-17(14)27)32-24(35)31-19-7-13(25)4-5-16(19)26;/h4-11H,3H2,1-2H3,(H,29,30)(H2,31,32,35);1H. The highest BCUT2D eigenvalue weighted by atomic mass is 35.5. The Balaban J connectivity index is 0.00000361. The summed E-state index contributed by atoms with van der Waals surface area (Å²) in [4.78, 5) is 29.7. The molecule has 0 aliphatic carbocycles. The predicted octanol–water partition coefficient (Wildman–Crippen LogP) is 5.75. The van der Waals surface area contributed by atoms with Crippen molar-refractivity contribution in [1.29, 1.82) is 0 Å². The average Bonchev–Trinajstić information content (AvgIpc) is 2.82. The summed E-state index contributed by atoms with van der Waals surface area (Å²) in [6, 6.07) is 5.92. The minimum atomic E-state index is -1.13. The second-order valence-corrected chi connectivity index (χ2v) is 7.50. The zero-order valence-corrected chi connectivity index (χ0v) is 19.8. The number of aryl methyl sites for hydroxylation is 1. The van der Waals surface area contributed by atoms with Crippen LogP contribution in [-0.2, 0) is 6.54 Å². The topological polar surface area (TPSA) is 88.1 Å². The highest BCUT2D eigenvalue weighted by molar-refractivity contribution is 6.00. The molecule has 4 rings (SSSR count). The average molecular weight is 522 g/mol. The Bertz CT molecular complexity index is 1530. The molecule has 2 aromatic carbocycles. The number of nitrogens with one attached hydrogen (secondary N) is 3. The third-order valence-electron chi connectivity index (χ3n) is 5.32. The van der Waals surface area contributed by atoms with E-state index in [1.165, 1.54) is 16.8 Å². The normalized spacial score (nSPS) is 10.6. The molecule has 7 nitrogen and oxygen atoms in total. The van der Waals surface area contributed by atoms with Crippen LogP contribution in [0.4, 0.5) is 39.5 Å². The van der Waals surface area contributed by atoms with E-state index in [1.807, 2.05) is 0 Å². The van der Waals surface area contributed by atoms with Crippen molar-refractivity contribution in [2.45, 2.75) is 13.5 Å². The first-order valence-corrected chi connectivity index (χ1v) is 10.5. The van der Waals surface area contributed by atoms with Crippen LogP contribution >= 0.6 is 12.4 Å². The highest BCUT2D eigenvalue weighted by Crippen LogP contribution is 2.29. The largest absolute Gasteiger partial charge is 0.373 e. The van der Waals surface area contributed by atoms with Crippen molar-refractivity contribution in [2.24, 2.45) is 0 Å². The van der Waals surface area contributed by atoms with Crippen molar-refractivity contribution in [3.8, 4) is 11.1 Å². The zero-order valence-electron chi connectivity index (χ0n) is 19.0. The van der Waals surface area contributed by atoms with E-state index in [9.17, 15) is 27.2 Å². The second kappa shape index (κ2) is 10.6. The minimum absolute atomic E-state index is 0. The van der Waals surface area contributed by atoms with Crippen molar-refractivity contribution in [1.82, 2.24) is 9.55 Å². The van der Waals surface area contributed by atoms with Gasteiger partial charge in [0.25, 0.3) is 5.56 Å². The number of hydrogen-bond donors (Lipinski definition) is 3. The first kappa shape index (κ1) is 26.5. The lowest BCUT2D eigenvalue weighted by Gasteiger charge is -2.14. The van der Waals surface area contributed by atoms with E-state index in [0.29, 0.717) is 22.8 Å². The summed E-state index contributed by atoms with van der Waals surface area (Å²) in [5.74, 6) is -3.32. The molecule has 0 bridgehead atoms. The number of fused-ring (bicyclic) bond motifs is 1. The first-order valence-electron chi connectivity index (χ1n) is 10.5. The Kier molecular flexibility index (Phi) is 7.83. The zero-order chi connectivity index (χ0) is 25.3. The van der Waals surface area contributed by atoms with Gasteiger partial charge >= 0.3 is 6.03 Å². The van der Waals surface area contributed by atoms with Crippen molar-refractivity contribution in [3.63, 3.8) is 0 Å². The van der Waals surface area contributed by atoms with Gasteiger partial charge in [-0.3, -0.25) is 4.79 Å². The maximum atomic E-state index is 14.8. The number of anilines is 3. The summed E-state index contributed by atoms with van der Waals surface area (Å²) >= 11 is 0. The summed E-state index contributed by atoms with van der Waals surface area (Å²) in [5.41, 5.74) is -1.24. The van der Waals surface area contributed by atoms with Gasteiger partial charge in [-0.2, -0.15) is 0 Å². The van der Waals surface area contributed by atoms with Gasteiger partial charge in [-0.1, -0.05) is 0 Å². The number of carbonyl (C=O) groups is 1. The molecule has 2 heterocycles. The molecule has 0 saturated carbocycles. The van der Waals surface area contributed by atoms with E-state index in [-0.39, 0.29) is 30.1 Å². The van der Waals surface area contributed by atoms with Crippen LogP contribution in [0.2, 0.25) is 0 Å². The third kappa shape index (κ3) is 5.10. The maximum Gasteiger partial charge on any atom is 0.323 e. The number of amides is 2. The summed E-state index contributed by atoms with van der Waals surface area (Å²) in [6.07, 6.45) is 1.51. The number of urea groups is 1. The monoisotopic (exact) mass is 521 g/mol. The van der Waals surface area contributed by atoms with Gasteiger partial charge < -0.3 is 20.5 Å². The van der Waals surface area contributed by atoms with Gasteiger partial charge in [0.2, 0.25) is 0 Å². The molecule has 12 heteroatoms. The smallest absolute Gasteiger partial charge is 0.323 e. The molecule has 188 valence electrons. The Labute approximate surface area is 208 Å². The molecule has 0 fully saturated rings. The molecular weight excluding hydrogens is 502 g/mol. The van der Waals surface area contributed by atoms with Crippen LogP contribution in [0.5, 0.6) is 0 Å². The first-order chi connectivity index (χ1) is 16.7. The summed E-state index contributed by atoms with van der Waals surface area (Å²) in [6.45, 7) is 2.01. The van der Waals surface area contributed by atoms with Crippen LogP contribution in [-0.4, -0.2) is 22.6 Å². The quantitative estimate of drug-likeness (QED) is 0.292. The molecule has 0 saturated heterocycles. The van der Waals surface area contributed by atoms with Crippen LogP contribution in [0.1, 0.15) is 6.92 Å². The minimum Gasteiger partial charge on any atom is -0.373 e. The molecule has 0 radical (unpaired) electrons. The SMILES string of the molecule is CCn1c(=O)c(-c2cc(NC(=O)Nc3cc(F)ccc3F)c(F)cc2F)cc2cnc(NC)cc21.Cl. The fourth-order valence-electron chi connectivity index (χ4n) is 3.64. The van der Waals surface area contributed by atoms with Gasteiger partial charge in [-0.25, -0.2) is 27.3 Å². The van der Waals surface area contributed by atoms with Crippen molar-refractivity contribution in [2.75, 3.05) is 23.0 Å². The molecule has 0 aliphatic heterocycles. The number of hydrogen-bond acceptors (Lipinski definition) is 4. The molecule has 3 N–H and O–H groups in total. The molecule has 4 aromatic rings. The van der Waals surface area contributed by atoms with Gasteiger partial charge in [0.05, 0.1) is 22.5 Å². The predicted molar refractivity (Wildman–Crippen MR) is 133 cm³/mol. The van der Waals surface area contributed by atoms with Crippen LogP contribution in [0.25, 0.3) is 22.0 Å². The maximum absolute atomic E-state index is 14.8. The van der Waals surface area contributed by atoms with Crippen LogP contribution in [0.3, 0.4) is 0 Å². The lowest BCUT2D eigenvalue weighted by molar-refractivity contribution is 0.262. The molecule has 2 amide bonds. The van der Waals surface area contributed by atoms with Gasteiger partial charge in [-0.05, 0) is 31.2 Å². The lowest BCUT2D eigenvalue weighted by atomic mass is 10.0. The Morgan fingerprint density at radius 1 is 0.917 bits per heavy atom. The van der Waals surface area contributed by atoms with E-state index in [2.05, 4.69) is 20.9 Å². The van der Waals surface area contributed by atoms with E-state index in [1.54, 1.807) is 20.0 Å². The second-order valence-electron chi connectivity index (χ2n) is 7.50. The Hall–Kier alpha value is -4.12. The van der Waals surface area contributed by atoms with Crippen molar-refractivity contribution in [3.05, 3.63) is 82.3 Å². The molecule has 0 aliphatic rings. The Morgan fingerprint density at radius 3 is 2.28 bits per heavy atom. The van der Waals surface area contributed by atoms with Crippen LogP contribution in [0, 0.1) is 23.3 Å². The highest BCUT2D eigenvalue weighted by Gasteiger charge is 2.19. The third-order valence-corrected chi connectivity index (χ3v) is 5.32. The van der Waals surface area contributed by atoms with Crippen molar-refractivity contribution < 1.29 is 22.4 Å². The number of carbonyl (C=O) groups excluding carboxylic acids is 1. The number of pyridine rings is 2. The number of rotatable bonds is 5. The van der Waals surface area contributed by atoms with Gasteiger partial charge in [0, 0.05) is 48.9 Å². The molecule has 36 heavy (non-hydrogen) atoms. The van der Waals surface area contributed by atoms with E-state index < -0.39 is 46.2 Å². The number of nitrogens with zero attached hydrogens (tertiary/aromatic N) is 2. The number of benzene rings is 2. The number of halogens is 5. The molecule has 0 spiro atoms. The lowest BCUT2D eigenvalue weighted by Crippen LogP contribution is -2.23. The summed E-state index contributed by atoms with van der Waals surface area (Å²) in [7, 11) is 1.68. The van der Waals surface area contributed by atoms with E-state index in [4.69, 9.17) is 0 Å².